The summed E-state index contributed by atoms with van der Waals surface area (Å²) < 4.78 is 0. The Hall–Kier alpha value is -1.05. The summed E-state index contributed by atoms with van der Waals surface area (Å²) in [5.41, 5.74) is 2.96. The molecular formula is C20H28O2. The average molecular weight is 300 g/mol. The van der Waals surface area contributed by atoms with E-state index in [9.17, 15) is 9.90 Å². The third kappa shape index (κ3) is 1.59. The van der Waals surface area contributed by atoms with Gasteiger partial charge in [0.05, 0.1) is 5.41 Å². The van der Waals surface area contributed by atoms with Gasteiger partial charge >= 0.3 is 5.97 Å². The molecule has 2 bridgehead atoms. The molecule has 1 N–H and O–H groups in total. The Morgan fingerprint density at radius 2 is 2.09 bits per heavy atom. The van der Waals surface area contributed by atoms with Crippen LogP contribution >= 0.6 is 0 Å². The molecule has 4 rings (SSSR count). The van der Waals surface area contributed by atoms with Crippen molar-refractivity contribution in [2.75, 3.05) is 0 Å². The Labute approximate surface area is 133 Å². The summed E-state index contributed by atoms with van der Waals surface area (Å²) in [6, 6.07) is 0. The molecule has 0 saturated heterocycles. The first-order valence-electron chi connectivity index (χ1n) is 8.94. The highest BCUT2D eigenvalue weighted by Gasteiger charge is 2.62. The molecule has 0 aromatic carbocycles. The summed E-state index contributed by atoms with van der Waals surface area (Å²) in [5.74, 6) is 0.413. The maximum atomic E-state index is 12.0. The first-order chi connectivity index (χ1) is 10.3. The molecule has 120 valence electrons. The largest absolute Gasteiger partial charge is 0.481 e. The molecule has 4 aliphatic rings. The molecule has 2 heteroatoms. The van der Waals surface area contributed by atoms with Gasteiger partial charge < -0.3 is 5.11 Å². The quantitative estimate of drug-likeness (QED) is 0.695. The van der Waals surface area contributed by atoms with Crippen LogP contribution in [-0.2, 0) is 4.79 Å². The maximum absolute atomic E-state index is 12.0. The fourth-order valence-corrected chi connectivity index (χ4v) is 6.87. The second-order valence-electron chi connectivity index (χ2n) is 8.95. The zero-order valence-corrected chi connectivity index (χ0v) is 14.0. The Bertz CT molecular complexity index is 589. The third-order valence-electron chi connectivity index (χ3n) is 7.90. The fourth-order valence-electron chi connectivity index (χ4n) is 6.87. The van der Waals surface area contributed by atoms with Crippen molar-refractivity contribution in [3.05, 3.63) is 23.8 Å². The van der Waals surface area contributed by atoms with Crippen molar-refractivity contribution in [3.63, 3.8) is 0 Å². The first-order valence-corrected chi connectivity index (χ1v) is 8.94. The molecule has 3 fully saturated rings. The molecule has 5 atom stereocenters. The van der Waals surface area contributed by atoms with Crippen molar-refractivity contribution in [3.8, 4) is 0 Å². The van der Waals surface area contributed by atoms with Gasteiger partial charge in [-0.1, -0.05) is 37.1 Å². The zero-order chi connectivity index (χ0) is 15.8. The number of hydrogen-bond donors (Lipinski definition) is 1. The van der Waals surface area contributed by atoms with Crippen LogP contribution in [0.2, 0.25) is 0 Å². The smallest absolute Gasteiger partial charge is 0.309 e. The molecule has 0 radical (unpaired) electrons. The lowest BCUT2D eigenvalue weighted by Gasteiger charge is -2.60. The Kier molecular flexibility index (Phi) is 2.82. The summed E-state index contributed by atoms with van der Waals surface area (Å²) in [6.45, 7) is 8.73. The highest BCUT2D eigenvalue weighted by Crippen LogP contribution is 2.70. The normalized spacial score (nSPS) is 50.1. The van der Waals surface area contributed by atoms with E-state index in [0.29, 0.717) is 17.3 Å². The van der Waals surface area contributed by atoms with Gasteiger partial charge in [0.15, 0.2) is 0 Å². The van der Waals surface area contributed by atoms with E-state index < -0.39 is 11.4 Å². The molecule has 0 heterocycles. The number of fused-ring (bicyclic) bond motifs is 3. The second-order valence-corrected chi connectivity index (χ2v) is 8.95. The van der Waals surface area contributed by atoms with Crippen molar-refractivity contribution < 1.29 is 9.90 Å². The van der Waals surface area contributed by atoms with Crippen molar-refractivity contribution in [1.82, 2.24) is 0 Å². The van der Waals surface area contributed by atoms with Crippen LogP contribution in [0.4, 0.5) is 0 Å². The number of rotatable bonds is 1. The van der Waals surface area contributed by atoms with Gasteiger partial charge in [0.25, 0.3) is 0 Å². The summed E-state index contributed by atoms with van der Waals surface area (Å²) in [4.78, 5) is 12.0. The van der Waals surface area contributed by atoms with E-state index >= 15 is 0 Å². The van der Waals surface area contributed by atoms with Gasteiger partial charge in [-0.2, -0.15) is 0 Å². The SMILES string of the molecule is C=C1C[C@@]23CCC4[C@](C)(C(=O)O)CCC[C@@]4(C)C2=CCC1C3. The van der Waals surface area contributed by atoms with Crippen LogP contribution in [0.5, 0.6) is 0 Å². The monoisotopic (exact) mass is 300 g/mol. The second kappa shape index (κ2) is 4.27. The van der Waals surface area contributed by atoms with Crippen LogP contribution in [0.3, 0.4) is 0 Å². The van der Waals surface area contributed by atoms with E-state index in [1.54, 1.807) is 5.57 Å². The fraction of sp³-hybridized carbons (Fsp3) is 0.750. The highest BCUT2D eigenvalue weighted by atomic mass is 16.4. The van der Waals surface area contributed by atoms with E-state index in [4.69, 9.17) is 0 Å². The minimum Gasteiger partial charge on any atom is -0.481 e. The van der Waals surface area contributed by atoms with E-state index in [1.165, 1.54) is 24.8 Å². The zero-order valence-electron chi connectivity index (χ0n) is 14.0. The third-order valence-corrected chi connectivity index (χ3v) is 7.90. The highest BCUT2D eigenvalue weighted by molar-refractivity contribution is 5.75. The van der Waals surface area contributed by atoms with Crippen molar-refractivity contribution >= 4 is 5.97 Å². The molecule has 1 spiro atoms. The first kappa shape index (κ1) is 14.5. The Balaban J connectivity index is 1.80. The maximum Gasteiger partial charge on any atom is 0.309 e. The van der Waals surface area contributed by atoms with Crippen molar-refractivity contribution in [1.29, 1.82) is 0 Å². The number of aliphatic carboxylic acids is 1. The van der Waals surface area contributed by atoms with E-state index in [2.05, 4.69) is 19.6 Å². The lowest BCUT2D eigenvalue weighted by atomic mass is 9.44. The molecule has 4 aliphatic carbocycles. The van der Waals surface area contributed by atoms with E-state index in [0.717, 1.165) is 32.1 Å². The van der Waals surface area contributed by atoms with E-state index in [1.807, 2.05) is 6.92 Å². The minimum absolute atomic E-state index is 0.0965. The van der Waals surface area contributed by atoms with Crippen LogP contribution in [0, 0.1) is 28.1 Å². The van der Waals surface area contributed by atoms with Crippen LogP contribution < -0.4 is 0 Å². The number of carboxylic acids is 1. The number of carboxylic acid groups (broad SMARTS) is 1. The predicted molar refractivity (Wildman–Crippen MR) is 87.4 cm³/mol. The molecule has 0 amide bonds. The molecule has 22 heavy (non-hydrogen) atoms. The molecule has 3 saturated carbocycles. The Morgan fingerprint density at radius 3 is 2.82 bits per heavy atom. The lowest BCUT2D eigenvalue weighted by molar-refractivity contribution is -0.161. The van der Waals surface area contributed by atoms with Gasteiger partial charge in [-0.05, 0) is 74.5 Å². The summed E-state index contributed by atoms with van der Waals surface area (Å²) in [7, 11) is 0. The van der Waals surface area contributed by atoms with E-state index in [-0.39, 0.29) is 5.41 Å². The van der Waals surface area contributed by atoms with Gasteiger partial charge in [-0.3, -0.25) is 4.79 Å². The van der Waals surface area contributed by atoms with Gasteiger partial charge in [0.1, 0.15) is 0 Å². The standard InChI is InChI=1S/C20H28O2/c1-13-11-20-10-7-15-18(2,16(20)6-5-14(13)12-20)8-4-9-19(15,3)17(21)22/h6,14-15H,1,4-5,7-12H2,2-3H3,(H,21,22)/t14?,15?,18-,19-,20-/m1/s1. The van der Waals surface area contributed by atoms with Crippen LogP contribution in [-0.4, -0.2) is 11.1 Å². The van der Waals surface area contributed by atoms with Gasteiger partial charge in [0, 0.05) is 0 Å². The number of hydrogen-bond acceptors (Lipinski definition) is 1. The Morgan fingerprint density at radius 1 is 1.32 bits per heavy atom. The average Bonchev–Trinajstić information content (AvgIpc) is 2.68. The minimum atomic E-state index is -0.579. The van der Waals surface area contributed by atoms with Gasteiger partial charge in [-0.25, -0.2) is 0 Å². The number of allylic oxidation sites excluding steroid dienone is 3. The van der Waals surface area contributed by atoms with Crippen molar-refractivity contribution in [2.45, 2.75) is 65.2 Å². The number of carbonyl (C=O) groups is 1. The molecule has 2 nitrogen and oxygen atoms in total. The topological polar surface area (TPSA) is 37.3 Å². The molecule has 0 aromatic rings. The molecule has 0 aromatic heterocycles. The van der Waals surface area contributed by atoms with Crippen molar-refractivity contribution in [2.24, 2.45) is 28.1 Å². The summed E-state index contributed by atoms with van der Waals surface area (Å²) in [5, 5.41) is 9.89. The summed E-state index contributed by atoms with van der Waals surface area (Å²) >= 11 is 0. The van der Waals surface area contributed by atoms with Crippen LogP contribution in [0.1, 0.15) is 65.2 Å². The van der Waals surface area contributed by atoms with Crippen LogP contribution in [0.25, 0.3) is 0 Å². The molecular weight excluding hydrogens is 272 g/mol. The van der Waals surface area contributed by atoms with Gasteiger partial charge in [-0.15, -0.1) is 0 Å². The summed E-state index contributed by atoms with van der Waals surface area (Å²) in [6.07, 6.45) is 11.4. The molecule has 2 unspecified atom stereocenters. The predicted octanol–water partition coefficient (Wildman–Crippen LogP) is 4.96. The molecule has 0 aliphatic heterocycles. The van der Waals surface area contributed by atoms with Gasteiger partial charge in [0.2, 0.25) is 0 Å². The van der Waals surface area contributed by atoms with Crippen LogP contribution in [0.15, 0.2) is 23.8 Å². The lowest BCUT2D eigenvalue weighted by Crippen LogP contribution is -2.54.